The molecule has 0 saturated carbocycles. The van der Waals surface area contributed by atoms with Crippen molar-refractivity contribution in [3.8, 4) is 0 Å². The summed E-state index contributed by atoms with van der Waals surface area (Å²) in [6.07, 6.45) is -3.08. The maximum Gasteiger partial charge on any atom is 0.416 e. The summed E-state index contributed by atoms with van der Waals surface area (Å²) in [5, 5.41) is 26.5. The predicted octanol–water partition coefficient (Wildman–Crippen LogP) is 4.64. The fourth-order valence-corrected chi connectivity index (χ4v) is 4.00. The minimum atomic E-state index is -4.55. The minimum absolute atomic E-state index is 0.00480. The molecular weight excluding hydrogens is 487 g/mol. The van der Waals surface area contributed by atoms with Crippen LogP contribution < -0.4 is 4.90 Å². The van der Waals surface area contributed by atoms with E-state index in [1.54, 1.807) is 5.38 Å². The lowest BCUT2D eigenvalue weighted by Crippen LogP contribution is -2.30. The Bertz CT molecular complexity index is 1190. The Morgan fingerprint density at radius 2 is 2.09 bits per heavy atom. The van der Waals surface area contributed by atoms with Crippen LogP contribution in [0.5, 0.6) is 0 Å². The third kappa shape index (κ3) is 6.53. The molecule has 0 aliphatic rings. The molecule has 0 aliphatic carbocycles. The summed E-state index contributed by atoms with van der Waals surface area (Å²) in [6.45, 7) is 3.59. The number of nitrogens with zero attached hydrogens (tertiary/aromatic N) is 7. The molecule has 0 aliphatic heterocycles. The number of amides is 1. The predicted molar refractivity (Wildman–Crippen MR) is 122 cm³/mol. The molecule has 2 aromatic heterocycles. The normalized spacial score (nSPS) is 12.1. The van der Waals surface area contributed by atoms with E-state index in [0.717, 1.165) is 30.2 Å². The number of hydrogen-bond donors (Lipinski definition) is 1. The SMILES string of the molecule is CCCCCN(C(=O)O)c1nc(CO/N=C(/c2ccc(C)c(C(F)(F)F)c2)c2nnnn2C)cs1. The Morgan fingerprint density at radius 1 is 1.31 bits per heavy atom. The molecular formula is C21H24F3N7O3S. The molecule has 0 bridgehead atoms. The van der Waals surface area contributed by atoms with E-state index < -0.39 is 17.8 Å². The van der Waals surface area contributed by atoms with Crippen LogP contribution in [0.25, 0.3) is 0 Å². The summed E-state index contributed by atoms with van der Waals surface area (Å²) in [5.41, 5.74) is -0.197. The van der Waals surface area contributed by atoms with Gasteiger partial charge in [0.1, 0.15) is 0 Å². The van der Waals surface area contributed by atoms with E-state index in [-0.39, 0.29) is 29.3 Å². The van der Waals surface area contributed by atoms with Crippen LogP contribution in [-0.4, -0.2) is 48.6 Å². The van der Waals surface area contributed by atoms with Crippen LogP contribution in [0.2, 0.25) is 0 Å². The van der Waals surface area contributed by atoms with Crippen molar-refractivity contribution in [2.24, 2.45) is 12.2 Å². The molecule has 14 heteroatoms. The summed E-state index contributed by atoms with van der Waals surface area (Å²) in [5.74, 6) is 0.105. The molecule has 3 aromatic rings. The van der Waals surface area contributed by atoms with Gasteiger partial charge in [-0.3, -0.25) is 4.90 Å². The zero-order valence-electron chi connectivity index (χ0n) is 19.3. The van der Waals surface area contributed by atoms with E-state index in [4.69, 9.17) is 4.84 Å². The van der Waals surface area contributed by atoms with E-state index in [9.17, 15) is 23.1 Å². The number of aryl methyl sites for hydroxylation is 2. The van der Waals surface area contributed by atoms with Crippen molar-refractivity contribution in [3.05, 3.63) is 51.8 Å². The molecule has 0 atom stereocenters. The molecule has 0 spiro atoms. The Balaban J connectivity index is 1.83. The van der Waals surface area contributed by atoms with Crippen LogP contribution in [0, 0.1) is 6.92 Å². The monoisotopic (exact) mass is 511 g/mol. The maximum absolute atomic E-state index is 13.4. The van der Waals surface area contributed by atoms with Gasteiger partial charge in [-0.25, -0.2) is 14.5 Å². The number of unbranched alkanes of at least 4 members (excludes halogenated alkanes) is 2. The van der Waals surface area contributed by atoms with Gasteiger partial charge in [0.25, 0.3) is 0 Å². The molecule has 0 saturated heterocycles. The third-order valence-electron chi connectivity index (χ3n) is 5.00. The highest BCUT2D eigenvalue weighted by molar-refractivity contribution is 7.14. The Morgan fingerprint density at radius 3 is 2.71 bits per heavy atom. The number of carbonyl (C=O) groups is 1. The molecule has 3 rings (SSSR count). The van der Waals surface area contributed by atoms with Crippen molar-refractivity contribution in [1.82, 2.24) is 25.2 Å². The molecule has 0 radical (unpaired) electrons. The molecule has 2 heterocycles. The number of thiazole rings is 1. The average Bonchev–Trinajstić information content (AvgIpc) is 3.43. The van der Waals surface area contributed by atoms with E-state index >= 15 is 0 Å². The molecule has 10 nitrogen and oxygen atoms in total. The van der Waals surface area contributed by atoms with Gasteiger partial charge in [0, 0.05) is 24.5 Å². The number of aromatic nitrogens is 5. The van der Waals surface area contributed by atoms with E-state index in [1.807, 2.05) is 6.92 Å². The summed E-state index contributed by atoms with van der Waals surface area (Å²) in [7, 11) is 1.52. The number of alkyl halides is 3. The van der Waals surface area contributed by atoms with Gasteiger partial charge in [-0.1, -0.05) is 37.1 Å². The Hall–Kier alpha value is -3.55. The zero-order valence-corrected chi connectivity index (χ0v) is 20.1. The minimum Gasteiger partial charge on any atom is -0.465 e. The number of benzene rings is 1. The maximum atomic E-state index is 13.4. The van der Waals surface area contributed by atoms with Crippen LogP contribution in [0.15, 0.2) is 28.7 Å². The summed E-state index contributed by atoms with van der Waals surface area (Å²) < 4.78 is 41.6. The van der Waals surface area contributed by atoms with Crippen LogP contribution in [0.3, 0.4) is 0 Å². The lowest BCUT2D eigenvalue weighted by Gasteiger charge is -2.15. The van der Waals surface area contributed by atoms with Crippen LogP contribution in [-0.2, 0) is 24.7 Å². The number of hydrogen-bond acceptors (Lipinski definition) is 8. The average molecular weight is 512 g/mol. The van der Waals surface area contributed by atoms with Crippen LogP contribution >= 0.6 is 11.3 Å². The number of oxime groups is 1. The molecule has 35 heavy (non-hydrogen) atoms. The first-order chi connectivity index (χ1) is 16.6. The lowest BCUT2D eigenvalue weighted by molar-refractivity contribution is -0.138. The standard InChI is InChI=1S/C21H24F3N7O3S/c1-4-5-6-9-31(20(32)33)19-25-15(12-35-19)11-34-27-17(18-26-28-29-30(18)3)14-8-7-13(2)16(10-14)21(22,23)24/h7-8,10,12H,4-6,9,11H2,1-3H3,(H,32,33)/b27-17-. The fourth-order valence-electron chi connectivity index (χ4n) is 3.17. The van der Waals surface area contributed by atoms with Gasteiger partial charge >= 0.3 is 12.3 Å². The molecule has 0 unspecified atom stereocenters. The van der Waals surface area contributed by atoms with E-state index in [0.29, 0.717) is 23.8 Å². The number of carboxylic acid groups (broad SMARTS) is 1. The highest BCUT2D eigenvalue weighted by Crippen LogP contribution is 2.33. The zero-order chi connectivity index (χ0) is 25.6. The number of halogens is 3. The van der Waals surface area contributed by atoms with Crippen molar-refractivity contribution in [2.75, 3.05) is 11.4 Å². The summed E-state index contributed by atoms with van der Waals surface area (Å²) in [6, 6.07) is 3.78. The van der Waals surface area contributed by atoms with Gasteiger partial charge in [-0.15, -0.1) is 16.4 Å². The first-order valence-corrected chi connectivity index (χ1v) is 11.6. The van der Waals surface area contributed by atoms with Crippen LogP contribution in [0.1, 0.15) is 54.4 Å². The van der Waals surface area contributed by atoms with Crippen molar-refractivity contribution in [1.29, 1.82) is 0 Å². The lowest BCUT2D eigenvalue weighted by atomic mass is 10.0. The van der Waals surface area contributed by atoms with E-state index in [1.165, 1.54) is 35.7 Å². The van der Waals surface area contributed by atoms with Crippen LogP contribution in [0.4, 0.5) is 23.1 Å². The van der Waals surface area contributed by atoms with Gasteiger partial charge in [0.05, 0.1) is 11.3 Å². The molecule has 0 fully saturated rings. The van der Waals surface area contributed by atoms with Crippen molar-refractivity contribution in [3.63, 3.8) is 0 Å². The molecule has 1 amide bonds. The van der Waals surface area contributed by atoms with Gasteiger partial charge in [0.15, 0.2) is 17.5 Å². The Labute approximate surface area is 203 Å². The smallest absolute Gasteiger partial charge is 0.416 e. The quantitative estimate of drug-likeness (QED) is 0.239. The van der Waals surface area contributed by atoms with Gasteiger partial charge in [0.2, 0.25) is 5.82 Å². The van der Waals surface area contributed by atoms with Gasteiger partial charge in [-0.2, -0.15) is 13.2 Å². The van der Waals surface area contributed by atoms with Crippen molar-refractivity contribution >= 4 is 28.3 Å². The van der Waals surface area contributed by atoms with E-state index in [2.05, 4.69) is 25.7 Å². The van der Waals surface area contributed by atoms with Crippen molar-refractivity contribution in [2.45, 2.75) is 45.9 Å². The molecule has 1 N–H and O–H groups in total. The topological polar surface area (TPSA) is 119 Å². The van der Waals surface area contributed by atoms with Crippen molar-refractivity contribution < 1.29 is 27.9 Å². The van der Waals surface area contributed by atoms with Gasteiger partial charge in [-0.05, 0) is 35.4 Å². The second-order valence-corrected chi connectivity index (χ2v) is 8.47. The number of rotatable bonds is 10. The highest BCUT2D eigenvalue weighted by atomic mass is 32.1. The highest BCUT2D eigenvalue weighted by Gasteiger charge is 2.33. The summed E-state index contributed by atoms with van der Waals surface area (Å²) in [4.78, 5) is 22.5. The number of tetrazole rings is 1. The van der Waals surface area contributed by atoms with Gasteiger partial charge < -0.3 is 9.94 Å². The Kier molecular flexibility index (Phi) is 8.38. The molecule has 188 valence electrons. The summed E-state index contributed by atoms with van der Waals surface area (Å²) >= 11 is 1.15. The first-order valence-electron chi connectivity index (χ1n) is 10.7. The largest absolute Gasteiger partial charge is 0.465 e. The third-order valence-corrected chi connectivity index (χ3v) is 5.92. The second-order valence-electron chi connectivity index (χ2n) is 7.63. The fraction of sp³-hybridized carbons (Fsp3) is 0.429. The number of anilines is 1. The second kappa shape index (κ2) is 11.3. The first kappa shape index (κ1) is 26.1. The molecule has 1 aromatic carbocycles.